The van der Waals surface area contributed by atoms with Crippen LogP contribution in [-0.4, -0.2) is 38.3 Å². The molecule has 0 aromatic carbocycles. The van der Waals surface area contributed by atoms with E-state index >= 15 is 0 Å². The molecule has 0 aromatic rings. The second-order valence-electron chi connectivity index (χ2n) is 4.83. The lowest BCUT2D eigenvalue weighted by atomic mass is 9.85. The SMILES string of the molecule is CN=CC1C[C@H]2C[C@H]2C[C@@H]1N(C)C. The van der Waals surface area contributed by atoms with Crippen LogP contribution in [0.1, 0.15) is 19.3 Å². The average Bonchev–Trinajstić information content (AvgIpc) is 2.81. The van der Waals surface area contributed by atoms with Crippen LogP contribution in [0.25, 0.3) is 0 Å². The Kier molecular flexibility index (Phi) is 2.41. The van der Waals surface area contributed by atoms with Crippen molar-refractivity contribution in [1.82, 2.24) is 4.90 Å². The first-order valence-corrected chi connectivity index (χ1v) is 5.31. The van der Waals surface area contributed by atoms with Crippen LogP contribution in [0.2, 0.25) is 0 Å². The molecule has 0 heterocycles. The number of nitrogens with zero attached hydrogens (tertiary/aromatic N) is 2. The van der Waals surface area contributed by atoms with Gasteiger partial charge in [-0.05, 0) is 45.2 Å². The molecule has 4 atom stereocenters. The molecule has 0 saturated heterocycles. The normalized spacial score (nSPS) is 44.0. The monoisotopic (exact) mass is 180 g/mol. The molecule has 0 spiro atoms. The molecule has 2 heteroatoms. The minimum atomic E-state index is 0.712. The highest BCUT2D eigenvalue weighted by atomic mass is 15.1. The van der Waals surface area contributed by atoms with Crippen LogP contribution in [-0.2, 0) is 0 Å². The van der Waals surface area contributed by atoms with Crippen LogP contribution in [0.15, 0.2) is 4.99 Å². The number of hydrogen-bond donors (Lipinski definition) is 0. The summed E-state index contributed by atoms with van der Waals surface area (Å²) >= 11 is 0. The predicted octanol–water partition coefficient (Wildman–Crippen LogP) is 1.66. The Labute approximate surface area is 81.0 Å². The van der Waals surface area contributed by atoms with Gasteiger partial charge in [-0.3, -0.25) is 0 Å². The molecule has 2 fully saturated rings. The van der Waals surface area contributed by atoms with Crippen LogP contribution < -0.4 is 0 Å². The predicted molar refractivity (Wildman–Crippen MR) is 56.2 cm³/mol. The summed E-state index contributed by atoms with van der Waals surface area (Å²) in [5.74, 6) is 2.80. The van der Waals surface area contributed by atoms with Crippen molar-refractivity contribution in [1.29, 1.82) is 0 Å². The van der Waals surface area contributed by atoms with Crippen molar-refractivity contribution in [3.8, 4) is 0 Å². The van der Waals surface area contributed by atoms with E-state index in [1.54, 1.807) is 0 Å². The van der Waals surface area contributed by atoms with E-state index in [2.05, 4.69) is 30.2 Å². The molecule has 0 aromatic heterocycles. The number of aliphatic imine (C=N–C) groups is 1. The Morgan fingerprint density at radius 2 is 1.85 bits per heavy atom. The first kappa shape index (κ1) is 9.20. The summed E-state index contributed by atoms with van der Waals surface area (Å²) in [4.78, 5) is 6.57. The highest BCUT2D eigenvalue weighted by Gasteiger charge is 2.46. The van der Waals surface area contributed by atoms with Gasteiger partial charge in [-0.2, -0.15) is 0 Å². The number of rotatable bonds is 2. The van der Waals surface area contributed by atoms with Gasteiger partial charge in [0.25, 0.3) is 0 Å². The largest absolute Gasteiger partial charge is 0.306 e. The first-order chi connectivity index (χ1) is 6.22. The average molecular weight is 180 g/mol. The van der Waals surface area contributed by atoms with Crippen molar-refractivity contribution < 1.29 is 0 Å². The van der Waals surface area contributed by atoms with Gasteiger partial charge in [0.05, 0.1) is 0 Å². The maximum absolute atomic E-state index is 4.19. The fourth-order valence-corrected chi connectivity index (χ4v) is 2.82. The Bertz CT molecular complexity index is 210. The van der Waals surface area contributed by atoms with Gasteiger partial charge in [0, 0.05) is 25.2 Å². The lowest BCUT2D eigenvalue weighted by molar-refractivity contribution is 0.190. The van der Waals surface area contributed by atoms with Crippen LogP contribution in [0.4, 0.5) is 0 Å². The quantitative estimate of drug-likeness (QED) is 0.590. The van der Waals surface area contributed by atoms with E-state index in [1.165, 1.54) is 19.3 Å². The summed E-state index contributed by atoms with van der Waals surface area (Å²) in [6.07, 6.45) is 6.43. The fourth-order valence-electron chi connectivity index (χ4n) is 2.82. The van der Waals surface area contributed by atoms with E-state index in [9.17, 15) is 0 Å². The molecule has 1 unspecified atom stereocenters. The highest BCUT2D eigenvalue weighted by molar-refractivity contribution is 5.62. The molecule has 2 nitrogen and oxygen atoms in total. The maximum atomic E-state index is 4.19. The lowest BCUT2D eigenvalue weighted by Crippen LogP contribution is -2.39. The van der Waals surface area contributed by atoms with Crippen molar-refractivity contribution >= 4 is 6.21 Å². The van der Waals surface area contributed by atoms with Crippen molar-refractivity contribution in [2.24, 2.45) is 22.7 Å². The zero-order valence-corrected chi connectivity index (χ0v) is 8.90. The van der Waals surface area contributed by atoms with Crippen LogP contribution in [0.3, 0.4) is 0 Å². The summed E-state index contributed by atoms with van der Waals surface area (Å²) in [7, 11) is 6.29. The van der Waals surface area contributed by atoms with E-state index in [4.69, 9.17) is 0 Å². The molecular formula is C11H20N2. The van der Waals surface area contributed by atoms with Crippen molar-refractivity contribution in [3.05, 3.63) is 0 Å². The summed E-state index contributed by atoms with van der Waals surface area (Å²) < 4.78 is 0. The van der Waals surface area contributed by atoms with E-state index in [0.717, 1.165) is 17.9 Å². The Morgan fingerprint density at radius 3 is 2.46 bits per heavy atom. The minimum Gasteiger partial charge on any atom is -0.306 e. The van der Waals surface area contributed by atoms with E-state index in [1.807, 2.05) is 7.05 Å². The zero-order chi connectivity index (χ0) is 9.42. The van der Waals surface area contributed by atoms with Gasteiger partial charge in [-0.15, -0.1) is 0 Å². The smallest absolute Gasteiger partial charge is 0.0273 e. The van der Waals surface area contributed by atoms with Crippen LogP contribution in [0, 0.1) is 17.8 Å². The van der Waals surface area contributed by atoms with Gasteiger partial charge < -0.3 is 9.89 Å². The fraction of sp³-hybridized carbons (Fsp3) is 0.909. The highest BCUT2D eigenvalue weighted by Crippen LogP contribution is 2.51. The molecule has 0 N–H and O–H groups in total. The van der Waals surface area contributed by atoms with Crippen LogP contribution >= 0.6 is 0 Å². The van der Waals surface area contributed by atoms with E-state index < -0.39 is 0 Å². The number of fused-ring (bicyclic) bond motifs is 1. The third kappa shape index (κ3) is 1.78. The Balaban J connectivity index is 2.03. The van der Waals surface area contributed by atoms with Gasteiger partial charge in [0.2, 0.25) is 0 Å². The van der Waals surface area contributed by atoms with Gasteiger partial charge in [0.1, 0.15) is 0 Å². The second kappa shape index (κ2) is 3.41. The summed E-state index contributed by atoms with van der Waals surface area (Å²) in [5, 5.41) is 0. The molecule has 2 saturated carbocycles. The summed E-state index contributed by atoms with van der Waals surface area (Å²) in [6.45, 7) is 0. The second-order valence-corrected chi connectivity index (χ2v) is 4.83. The zero-order valence-electron chi connectivity index (χ0n) is 8.90. The van der Waals surface area contributed by atoms with E-state index in [0.29, 0.717) is 5.92 Å². The Morgan fingerprint density at radius 1 is 1.15 bits per heavy atom. The lowest BCUT2D eigenvalue weighted by Gasteiger charge is -2.33. The van der Waals surface area contributed by atoms with Gasteiger partial charge >= 0.3 is 0 Å². The molecule has 0 aliphatic heterocycles. The van der Waals surface area contributed by atoms with E-state index in [-0.39, 0.29) is 0 Å². The molecule has 0 amide bonds. The first-order valence-electron chi connectivity index (χ1n) is 5.31. The maximum Gasteiger partial charge on any atom is 0.0273 e. The molecule has 0 bridgehead atoms. The summed E-state index contributed by atoms with van der Waals surface area (Å²) in [6, 6.07) is 0.743. The van der Waals surface area contributed by atoms with Gasteiger partial charge in [0.15, 0.2) is 0 Å². The topological polar surface area (TPSA) is 15.6 Å². The standard InChI is InChI=1S/C11H20N2/c1-12-7-10-5-8-4-9(8)6-11(10)13(2)3/h7-11H,4-6H2,1-3H3/t8-,9+,10?,11+/m1/s1. The third-order valence-corrected chi connectivity index (χ3v) is 3.69. The van der Waals surface area contributed by atoms with Crippen molar-refractivity contribution in [3.63, 3.8) is 0 Å². The molecular weight excluding hydrogens is 160 g/mol. The Hall–Kier alpha value is -0.370. The molecule has 13 heavy (non-hydrogen) atoms. The van der Waals surface area contributed by atoms with Crippen molar-refractivity contribution in [2.75, 3.05) is 21.1 Å². The molecule has 0 radical (unpaired) electrons. The molecule has 74 valence electrons. The van der Waals surface area contributed by atoms with Crippen molar-refractivity contribution in [2.45, 2.75) is 25.3 Å². The third-order valence-electron chi connectivity index (χ3n) is 3.69. The van der Waals surface area contributed by atoms with Gasteiger partial charge in [-0.25, -0.2) is 0 Å². The van der Waals surface area contributed by atoms with Crippen LogP contribution in [0.5, 0.6) is 0 Å². The number of hydrogen-bond acceptors (Lipinski definition) is 2. The molecule has 2 aliphatic rings. The molecule has 2 rings (SSSR count). The summed E-state index contributed by atoms with van der Waals surface area (Å²) in [5.41, 5.74) is 0. The molecule has 2 aliphatic carbocycles. The van der Waals surface area contributed by atoms with Gasteiger partial charge in [-0.1, -0.05) is 0 Å². The minimum absolute atomic E-state index is 0.712.